The molecule has 7 heteroatoms. The molecule has 0 spiro atoms. The molecule has 21 heavy (non-hydrogen) atoms. The summed E-state index contributed by atoms with van der Waals surface area (Å²) in [4.78, 5) is 16.2. The van der Waals surface area contributed by atoms with Crippen molar-refractivity contribution in [2.75, 3.05) is 6.26 Å². The lowest BCUT2D eigenvalue weighted by Gasteiger charge is -2.13. The van der Waals surface area contributed by atoms with E-state index in [1.807, 2.05) is 30.7 Å². The molecule has 0 unspecified atom stereocenters. The summed E-state index contributed by atoms with van der Waals surface area (Å²) in [7, 11) is 0. The maximum atomic E-state index is 8.45. The van der Waals surface area contributed by atoms with E-state index in [-0.39, 0.29) is 0 Å². The SMILES string of the molecule is CCn1c(=N)c(-c2cnc[nH]2)cc2c(C)nc(SC)nc21. The molecule has 0 fully saturated rings. The van der Waals surface area contributed by atoms with Crippen LogP contribution in [-0.2, 0) is 6.54 Å². The average molecular weight is 300 g/mol. The van der Waals surface area contributed by atoms with Gasteiger partial charge in [0.15, 0.2) is 5.16 Å². The van der Waals surface area contributed by atoms with Gasteiger partial charge in [0, 0.05) is 17.5 Å². The Morgan fingerprint density at radius 2 is 2.19 bits per heavy atom. The summed E-state index contributed by atoms with van der Waals surface area (Å²) in [6.45, 7) is 4.68. The van der Waals surface area contributed by atoms with Gasteiger partial charge in [0.25, 0.3) is 0 Å². The van der Waals surface area contributed by atoms with Gasteiger partial charge in [0.1, 0.15) is 11.1 Å². The molecule has 0 saturated heterocycles. The lowest BCUT2D eigenvalue weighted by molar-refractivity contribution is 0.717. The maximum Gasteiger partial charge on any atom is 0.189 e. The number of nitrogens with one attached hydrogen (secondary N) is 2. The normalized spacial score (nSPS) is 11.2. The quantitative estimate of drug-likeness (QED) is 0.574. The van der Waals surface area contributed by atoms with Crippen molar-refractivity contribution in [1.29, 1.82) is 5.41 Å². The Morgan fingerprint density at radius 1 is 1.38 bits per heavy atom. The molecule has 108 valence electrons. The summed E-state index contributed by atoms with van der Waals surface area (Å²) in [5.41, 5.74) is 3.80. The first-order valence-corrected chi connectivity index (χ1v) is 7.87. The predicted octanol–water partition coefficient (Wildman–Crippen LogP) is 2.35. The lowest BCUT2D eigenvalue weighted by Crippen LogP contribution is -2.23. The molecule has 0 aliphatic rings. The third-order valence-electron chi connectivity index (χ3n) is 3.45. The third-order valence-corrected chi connectivity index (χ3v) is 4.00. The molecule has 0 aromatic carbocycles. The second-order valence-corrected chi connectivity index (χ2v) is 5.42. The summed E-state index contributed by atoms with van der Waals surface area (Å²) in [6.07, 6.45) is 5.30. The molecule has 0 radical (unpaired) electrons. The van der Waals surface area contributed by atoms with Crippen molar-refractivity contribution >= 4 is 22.8 Å². The third kappa shape index (κ3) is 2.23. The summed E-state index contributed by atoms with van der Waals surface area (Å²) < 4.78 is 1.90. The van der Waals surface area contributed by atoms with Crippen molar-refractivity contribution in [3.63, 3.8) is 0 Å². The number of nitrogens with zero attached hydrogens (tertiary/aromatic N) is 4. The fraction of sp³-hybridized carbons (Fsp3) is 0.286. The van der Waals surface area contributed by atoms with E-state index in [0.29, 0.717) is 12.0 Å². The van der Waals surface area contributed by atoms with Crippen LogP contribution in [0.25, 0.3) is 22.3 Å². The molecule has 6 nitrogen and oxygen atoms in total. The zero-order valence-corrected chi connectivity index (χ0v) is 13.0. The minimum Gasteiger partial charge on any atom is -0.345 e. The molecule has 0 atom stereocenters. The van der Waals surface area contributed by atoms with Crippen molar-refractivity contribution < 1.29 is 0 Å². The number of thioether (sulfide) groups is 1. The van der Waals surface area contributed by atoms with Crippen molar-refractivity contribution in [2.45, 2.75) is 25.5 Å². The van der Waals surface area contributed by atoms with Crippen LogP contribution in [-0.4, -0.2) is 30.8 Å². The highest BCUT2D eigenvalue weighted by atomic mass is 32.2. The Labute approximate surface area is 126 Å². The summed E-state index contributed by atoms with van der Waals surface area (Å²) in [6, 6.07) is 1.97. The van der Waals surface area contributed by atoms with Crippen LogP contribution in [0.5, 0.6) is 0 Å². The van der Waals surface area contributed by atoms with Crippen LogP contribution < -0.4 is 5.49 Å². The molecule has 3 heterocycles. The average Bonchev–Trinajstić information content (AvgIpc) is 3.00. The molecule has 3 rings (SSSR count). The number of hydrogen-bond donors (Lipinski definition) is 2. The molecule has 3 aromatic heterocycles. The monoisotopic (exact) mass is 300 g/mol. The van der Waals surface area contributed by atoms with Gasteiger partial charge in [-0.05, 0) is 26.2 Å². The van der Waals surface area contributed by atoms with Gasteiger partial charge >= 0.3 is 0 Å². The molecule has 0 saturated carbocycles. The first kappa shape index (κ1) is 13.8. The Morgan fingerprint density at radius 3 is 2.81 bits per heavy atom. The predicted molar refractivity (Wildman–Crippen MR) is 83.2 cm³/mol. The van der Waals surface area contributed by atoms with E-state index in [1.54, 1.807) is 12.5 Å². The molecular weight excluding hydrogens is 284 g/mol. The molecule has 0 amide bonds. The highest BCUT2D eigenvalue weighted by Crippen LogP contribution is 2.22. The number of imidazole rings is 1. The number of aryl methyl sites for hydroxylation is 2. The van der Waals surface area contributed by atoms with E-state index in [0.717, 1.165) is 33.1 Å². The van der Waals surface area contributed by atoms with Crippen LogP contribution in [0, 0.1) is 12.3 Å². The number of hydrogen-bond acceptors (Lipinski definition) is 5. The summed E-state index contributed by atoms with van der Waals surface area (Å²) in [5, 5.41) is 10.2. The van der Waals surface area contributed by atoms with E-state index in [1.165, 1.54) is 11.8 Å². The van der Waals surface area contributed by atoms with Crippen LogP contribution >= 0.6 is 11.8 Å². The van der Waals surface area contributed by atoms with Crippen LogP contribution in [0.3, 0.4) is 0 Å². The van der Waals surface area contributed by atoms with Gasteiger partial charge in [0.2, 0.25) is 0 Å². The van der Waals surface area contributed by atoms with Crippen molar-refractivity contribution in [1.82, 2.24) is 24.5 Å². The largest absolute Gasteiger partial charge is 0.345 e. The molecule has 0 bridgehead atoms. The van der Waals surface area contributed by atoms with E-state index in [9.17, 15) is 0 Å². The number of pyridine rings is 1. The molecular formula is C14H16N6S. The van der Waals surface area contributed by atoms with Gasteiger partial charge in [-0.3, -0.25) is 5.41 Å². The maximum absolute atomic E-state index is 8.45. The fourth-order valence-electron chi connectivity index (χ4n) is 2.39. The minimum atomic E-state index is 0.430. The Balaban J connectivity index is 2.42. The van der Waals surface area contributed by atoms with Gasteiger partial charge in [-0.25, -0.2) is 15.0 Å². The number of fused-ring (bicyclic) bond motifs is 1. The fourth-order valence-corrected chi connectivity index (χ4v) is 2.79. The lowest BCUT2D eigenvalue weighted by atomic mass is 10.1. The van der Waals surface area contributed by atoms with E-state index < -0.39 is 0 Å². The second-order valence-electron chi connectivity index (χ2n) is 4.65. The van der Waals surface area contributed by atoms with Gasteiger partial charge in [-0.15, -0.1) is 0 Å². The highest BCUT2D eigenvalue weighted by molar-refractivity contribution is 7.98. The van der Waals surface area contributed by atoms with E-state index in [2.05, 4.69) is 19.9 Å². The van der Waals surface area contributed by atoms with Crippen LogP contribution in [0.1, 0.15) is 12.6 Å². The molecule has 3 aromatic rings. The zero-order chi connectivity index (χ0) is 15.0. The number of aromatic amines is 1. The Hall–Kier alpha value is -2.15. The first-order chi connectivity index (χ1) is 10.2. The van der Waals surface area contributed by atoms with E-state index >= 15 is 0 Å². The first-order valence-electron chi connectivity index (χ1n) is 6.65. The zero-order valence-electron chi connectivity index (χ0n) is 12.1. The second kappa shape index (κ2) is 5.33. The van der Waals surface area contributed by atoms with Gasteiger partial charge in [-0.1, -0.05) is 11.8 Å². The minimum absolute atomic E-state index is 0.430. The molecule has 0 aliphatic carbocycles. The van der Waals surface area contributed by atoms with Gasteiger partial charge < -0.3 is 9.55 Å². The molecule has 2 N–H and O–H groups in total. The Kier molecular flexibility index (Phi) is 3.50. The van der Waals surface area contributed by atoms with E-state index in [4.69, 9.17) is 5.41 Å². The summed E-state index contributed by atoms with van der Waals surface area (Å²) in [5.74, 6) is 0. The highest BCUT2D eigenvalue weighted by Gasteiger charge is 2.13. The number of H-pyrrole nitrogens is 1. The van der Waals surface area contributed by atoms with Crippen molar-refractivity contribution in [3.8, 4) is 11.3 Å². The van der Waals surface area contributed by atoms with Crippen molar-refractivity contribution in [2.24, 2.45) is 0 Å². The number of aromatic nitrogens is 5. The van der Waals surface area contributed by atoms with Crippen LogP contribution in [0.15, 0.2) is 23.7 Å². The standard InChI is InChI=1S/C14H16N6S/c1-4-20-12(15)10(11-6-16-7-17-11)5-9-8(2)18-14(21-3)19-13(9)20/h5-7,15H,4H2,1-3H3,(H,16,17). The van der Waals surface area contributed by atoms with Crippen LogP contribution in [0.2, 0.25) is 0 Å². The summed E-state index contributed by atoms with van der Waals surface area (Å²) >= 11 is 1.51. The smallest absolute Gasteiger partial charge is 0.189 e. The van der Waals surface area contributed by atoms with Gasteiger partial charge in [-0.2, -0.15) is 0 Å². The topological polar surface area (TPSA) is 83.2 Å². The number of rotatable bonds is 3. The molecule has 0 aliphatic heterocycles. The van der Waals surface area contributed by atoms with Crippen molar-refractivity contribution in [3.05, 3.63) is 29.8 Å². The Bertz CT molecular complexity index is 850. The van der Waals surface area contributed by atoms with Crippen LogP contribution in [0.4, 0.5) is 0 Å². The van der Waals surface area contributed by atoms with Gasteiger partial charge in [0.05, 0.1) is 23.9 Å².